The Morgan fingerprint density at radius 1 is 1.54 bits per heavy atom. The van der Waals surface area contributed by atoms with Crippen molar-refractivity contribution < 1.29 is 4.74 Å². The highest BCUT2D eigenvalue weighted by Gasteiger charge is 2.18. The van der Waals surface area contributed by atoms with Gasteiger partial charge in [-0.1, -0.05) is 15.9 Å². The van der Waals surface area contributed by atoms with Crippen LogP contribution in [0.4, 0.5) is 5.69 Å². The molecule has 5 heteroatoms. The summed E-state index contributed by atoms with van der Waals surface area (Å²) in [6.45, 7) is 1.01. The summed E-state index contributed by atoms with van der Waals surface area (Å²) in [6, 6.07) is 5.48. The maximum atomic E-state index is 10.4. The van der Waals surface area contributed by atoms with E-state index in [0.717, 1.165) is 10.2 Å². The fourth-order valence-corrected chi connectivity index (χ4v) is 1.60. The first-order valence-corrected chi connectivity index (χ1v) is 4.64. The molecule has 68 valence electrons. The quantitative estimate of drug-likeness (QED) is 0.711. The van der Waals surface area contributed by atoms with Crippen LogP contribution in [-0.4, -0.2) is 13.2 Å². The lowest BCUT2D eigenvalue weighted by atomic mass is 10.2. The van der Waals surface area contributed by atoms with Crippen molar-refractivity contribution in [3.05, 3.63) is 27.6 Å². The van der Waals surface area contributed by atoms with Crippen molar-refractivity contribution in [3.8, 4) is 5.75 Å². The summed E-state index contributed by atoms with van der Waals surface area (Å²) in [7, 11) is 0. The van der Waals surface area contributed by atoms with Crippen molar-refractivity contribution in [2.75, 3.05) is 18.2 Å². The minimum absolute atomic E-state index is 0.495. The molecule has 1 heterocycles. The number of benzene rings is 1. The number of fused-ring (bicyclic) bond motifs is 1. The Kier molecular flexibility index (Phi) is 2.18. The van der Waals surface area contributed by atoms with Crippen LogP contribution >= 0.6 is 15.9 Å². The number of nitrogens with zero attached hydrogens (tertiary/aromatic N) is 2. The number of rotatable bonds is 1. The van der Waals surface area contributed by atoms with E-state index in [1.807, 2.05) is 12.1 Å². The monoisotopic (exact) mass is 242 g/mol. The van der Waals surface area contributed by atoms with E-state index in [4.69, 9.17) is 4.74 Å². The predicted molar refractivity (Wildman–Crippen MR) is 52.8 cm³/mol. The molecule has 0 saturated carbocycles. The van der Waals surface area contributed by atoms with Gasteiger partial charge in [0.2, 0.25) is 0 Å². The van der Waals surface area contributed by atoms with Crippen molar-refractivity contribution in [1.82, 2.24) is 0 Å². The first-order valence-electron chi connectivity index (χ1n) is 3.84. The molecule has 1 aliphatic rings. The first-order chi connectivity index (χ1) is 6.31. The standard InChI is InChI=1S/C8H7BrN2O2/c9-6-1-2-7-8(5-6)13-4-3-11(7)10-12/h1-2,5H,3-4H2. The van der Waals surface area contributed by atoms with Gasteiger partial charge in [0.05, 0.1) is 11.8 Å². The van der Waals surface area contributed by atoms with Crippen LogP contribution < -0.4 is 9.75 Å². The molecule has 0 radical (unpaired) electrons. The largest absolute Gasteiger partial charge is 0.489 e. The maximum absolute atomic E-state index is 10.4. The average Bonchev–Trinajstić information content (AvgIpc) is 2.16. The molecule has 1 aromatic rings. The van der Waals surface area contributed by atoms with Gasteiger partial charge in [0.15, 0.2) is 0 Å². The topological polar surface area (TPSA) is 41.9 Å². The number of anilines is 1. The molecule has 0 spiro atoms. The van der Waals surface area contributed by atoms with Gasteiger partial charge >= 0.3 is 0 Å². The fourth-order valence-electron chi connectivity index (χ4n) is 1.26. The van der Waals surface area contributed by atoms with Gasteiger partial charge in [-0.2, -0.15) is 0 Å². The molecular formula is C8H7BrN2O2. The van der Waals surface area contributed by atoms with Crippen LogP contribution in [0, 0.1) is 4.91 Å². The van der Waals surface area contributed by atoms with Crippen molar-refractivity contribution >= 4 is 21.6 Å². The Morgan fingerprint density at radius 3 is 3.15 bits per heavy atom. The lowest BCUT2D eigenvalue weighted by Crippen LogP contribution is -2.27. The molecule has 0 fully saturated rings. The highest BCUT2D eigenvalue weighted by atomic mass is 79.9. The molecule has 0 N–H and O–H groups in total. The van der Waals surface area contributed by atoms with Crippen molar-refractivity contribution in [2.24, 2.45) is 5.29 Å². The Labute approximate surface area is 83.6 Å². The first kappa shape index (κ1) is 8.50. The van der Waals surface area contributed by atoms with Gasteiger partial charge in [-0.3, -0.25) is 0 Å². The van der Waals surface area contributed by atoms with Crippen molar-refractivity contribution in [1.29, 1.82) is 0 Å². The minimum atomic E-state index is 0.495. The molecule has 1 aliphatic heterocycles. The Balaban J connectivity index is 2.45. The van der Waals surface area contributed by atoms with Crippen LogP contribution in [0.25, 0.3) is 0 Å². The van der Waals surface area contributed by atoms with E-state index in [0.29, 0.717) is 18.9 Å². The van der Waals surface area contributed by atoms with Crippen molar-refractivity contribution in [3.63, 3.8) is 0 Å². The van der Waals surface area contributed by atoms with Gasteiger partial charge in [-0.05, 0) is 18.2 Å². The Hall–Kier alpha value is -1.10. The molecule has 0 saturated heterocycles. The highest BCUT2D eigenvalue weighted by Crippen LogP contribution is 2.33. The van der Waals surface area contributed by atoms with Crippen LogP contribution in [0.1, 0.15) is 0 Å². The summed E-state index contributed by atoms with van der Waals surface area (Å²) >= 11 is 3.32. The van der Waals surface area contributed by atoms with Crippen LogP contribution in [0.15, 0.2) is 28.0 Å². The van der Waals surface area contributed by atoms with Crippen LogP contribution in [0.5, 0.6) is 5.75 Å². The van der Waals surface area contributed by atoms with Gasteiger partial charge in [0.25, 0.3) is 0 Å². The van der Waals surface area contributed by atoms with E-state index in [-0.39, 0.29) is 0 Å². The average molecular weight is 243 g/mol. The van der Waals surface area contributed by atoms with Gasteiger partial charge < -0.3 is 4.74 Å². The smallest absolute Gasteiger partial charge is 0.145 e. The number of nitroso groups, excluding NO2 is 1. The summed E-state index contributed by atoms with van der Waals surface area (Å²) < 4.78 is 6.30. The zero-order chi connectivity index (χ0) is 9.26. The van der Waals surface area contributed by atoms with Crippen molar-refractivity contribution in [2.45, 2.75) is 0 Å². The fraction of sp³-hybridized carbons (Fsp3) is 0.250. The molecule has 2 rings (SSSR count). The van der Waals surface area contributed by atoms with E-state index < -0.39 is 0 Å². The molecule has 13 heavy (non-hydrogen) atoms. The molecule has 0 unspecified atom stereocenters. The zero-order valence-electron chi connectivity index (χ0n) is 6.74. The molecular weight excluding hydrogens is 236 g/mol. The van der Waals surface area contributed by atoms with Crippen LogP contribution in [0.3, 0.4) is 0 Å². The summed E-state index contributed by atoms with van der Waals surface area (Å²) in [5, 5.41) is 4.30. The summed E-state index contributed by atoms with van der Waals surface area (Å²) in [6.07, 6.45) is 0. The van der Waals surface area contributed by atoms with Gasteiger partial charge in [0.1, 0.15) is 18.0 Å². The SMILES string of the molecule is O=NN1CCOc2cc(Br)ccc21. The molecule has 1 aromatic carbocycles. The van der Waals surface area contributed by atoms with E-state index in [1.54, 1.807) is 6.07 Å². The summed E-state index contributed by atoms with van der Waals surface area (Å²) in [5.74, 6) is 0.695. The number of halogens is 1. The second-order valence-corrected chi connectivity index (χ2v) is 3.58. The summed E-state index contributed by atoms with van der Waals surface area (Å²) in [5.41, 5.74) is 0.726. The van der Waals surface area contributed by atoms with Crippen LogP contribution in [-0.2, 0) is 0 Å². The van der Waals surface area contributed by atoms with E-state index in [9.17, 15) is 4.91 Å². The Bertz CT molecular complexity index is 343. The highest BCUT2D eigenvalue weighted by molar-refractivity contribution is 9.10. The third kappa shape index (κ3) is 1.51. The number of hydrogen-bond donors (Lipinski definition) is 0. The summed E-state index contributed by atoms with van der Waals surface area (Å²) in [4.78, 5) is 10.4. The molecule has 0 aromatic heterocycles. The molecule has 0 amide bonds. The molecule has 0 bridgehead atoms. The van der Waals surface area contributed by atoms with E-state index in [2.05, 4.69) is 21.2 Å². The lowest BCUT2D eigenvalue weighted by molar-refractivity contribution is 0.308. The van der Waals surface area contributed by atoms with E-state index >= 15 is 0 Å². The maximum Gasteiger partial charge on any atom is 0.145 e. The second kappa shape index (κ2) is 3.33. The Morgan fingerprint density at radius 2 is 2.38 bits per heavy atom. The molecule has 0 atom stereocenters. The van der Waals surface area contributed by atoms with E-state index in [1.165, 1.54) is 5.01 Å². The molecule has 4 nitrogen and oxygen atoms in total. The van der Waals surface area contributed by atoms with Crippen LogP contribution in [0.2, 0.25) is 0 Å². The second-order valence-electron chi connectivity index (χ2n) is 2.67. The number of hydrogen-bond acceptors (Lipinski definition) is 3. The van der Waals surface area contributed by atoms with Gasteiger partial charge in [-0.25, -0.2) is 5.01 Å². The normalized spacial score (nSPS) is 14.7. The third-order valence-electron chi connectivity index (χ3n) is 1.86. The minimum Gasteiger partial charge on any atom is -0.489 e. The zero-order valence-corrected chi connectivity index (χ0v) is 8.32. The predicted octanol–water partition coefficient (Wildman–Crippen LogP) is 2.33. The lowest BCUT2D eigenvalue weighted by Gasteiger charge is -2.24. The third-order valence-corrected chi connectivity index (χ3v) is 2.35. The molecule has 0 aliphatic carbocycles. The van der Waals surface area contributed by atoms with Gasteiger partial charge in [-0.15, -0.1) is 4.91 Å². The number of ether oxygens (including phenoxy) is 1. The van der Waals surface area contributed by atoms with Gasteiger partial charge in [0, 0.05) is 4.47 Å².